The van der Waals surface area contributed by atoms with Gasteiger partial charge in [-0.15, -0.1) is 0 Å². The van der Waals surface area contributed by atoms with Crippen LogP contribution in [0.3, 0.4) is 0 Å². The van der Waals surface area contributed by atoms with E-state index < -0.39 is 0 Å². The second kappa shape index (κ2) is 6.80. The van der Waals surface area contributed by atoms with Gasteiger partial charge in [-0.3, -0.25) is 4.98 Å². The van der Waals surface area contributed by atoms with Crippen LogP contribution in [0.25, 0.3) is 0 Å². The highest BCUT2D eigenvalue weighted by atomic mass is 16.5. The zero-order valence-electron chi connectivity index (χ0n) is 12.1. The summed E-state index contributed by atoms with van der Waals surface area (Å²) < 4.78 is 10.4. The van der Waals surface area contributed by atoms with Crippen LogP contribution in [0, 0.1) is 6.92 Å². The fourth-order valence-electron chi connectivity index (χ4n) is 1.98. The van der Waals surface area contributed by atoms with Crippen LogP contribution >= 0.6 is 0 Å². The van der Waals surface area contributed by atoms with E-state index in [2.05, 4.69) is 22.4 Å². The van der Waals surface area contributed by atoms with Gasteiger partial charge in [-0.05, 0) is 37.1 Å². The molecule has 2 aromatic rings. The van der Waals surface area contributed by atoms with Gasteiger partial charge in [0.2, 0.25) is 0 Å². The lowest BCUT2D eigenvalue weighted by atomic mass is 10.1. The van der Waals surface area contributed by atoms with Gasteiger partial charge in [0.25, 0.3) is 0 Å². The lowest BCUT2D eigenvalue weighted by molar-refractivity contribution is 0.414. The number of rotatable bonds is 6. The number of hydrogen-bond acceptors (Lipinski definition) is 4. The van der Waals surface area contributed by atoms with Crippen molar-refractivity contribution in [3.8, 4) is 11.5 Å². The van der Waals surface area contributed by atoms with Gasteiger partial charge in [-0.2, -0.15) is 0 Å². The van der Waals surface area contributed by atoms with Crippen LogP contribution < -0.4 is 14.8 Å². The number of nitrogens with zero attached hydrogens (tertiary/aromatic N) is 1. The van der Waals surface area contributed by atoms with Gasteiger partial charge in [0.05, 0.1) is 26.1 Å². The molecule has 0 bridgehead atoms. The minimum Gasteiger partial charge on any atom is -0.497 e. The highest BCUT2D eigenvalue weighted by Gasteiger charge is 2.03. The molecule has 0 unspecified atom stereocenters. The molecule has 0 saturated carbocycles. The van der Waals surface area contributed by atoms with Crippen molar-refractivity contribution in [1.29, 1.82) is 0 Å². The van der Waals surface area contributed by atoms with E-state index in [1.807, 2.05) is 25.1 Å². The Morgan fingerprint density at radius 3 is 2.50 bits per heavy atom. The molecule has 0 atom stereocenters. The number of nitrogens with one attached hydrogen (secondary N) is 1. The first kappa shape index (κ1) is 14.2. The van der Waals surface area contributed by atoms with Gasteiger partial charge in [0.1, 0.15) is 5.75 Å². The lowest BCUT2D eigenvalue weighted by Gasteiger charge is -2.11. The standard InChI is InChI=1S/C16H20N2O2/c1-12-10-15(16(20-3)11-18-12)17-9-8-13-4-6-14(19-2)7-5-13/h4-7,10-11H,8-9H2,1-3H3,(H,17,18). The van der Waals surface area contributed by atoms with E-state index in [-0.39, 0.29) is 0 Å². The molecule has 1 heterocycles. The van der Waals surface area contributed by atoms with Crippen LogP contribution in [0.15, 0.2) is 36.5 Å². The van der Waals surface area contributed by atoms with Crippen LogP contribution in [0.5, 0.6) is 11.5 Å². The van der Waals surface area contributed by atoms with Gasteiger partial charge in [-0.25, -0.2) is 0 Å². The summed E-state index contributed by atoms with van der Waals surface area (Å²) in [6.45, 7) is 2.81. The summed E-state index contributed by atoms with van der Waals surface area (Å²) in [6, 6.07) is 10.1. The molecule has 1 N–H and O–H groups in total. The average molecular weight is 272 g/mol. The van der Waals surface area contributed by atoms with Crippen LogP contribution in [0.1, 0.15) is 11.3 Å². The SMILES string of the molecule is COc1ccc(CCNc2cc(C)ncc2OC)cc1. The van der Waals surface area contributed by atoms with Crippen molar-refractivity contribution >= 4 is 5.69 Å². The molecule has 0 saturated heterocycles. The van der Waals surface area contributed by atoms with Crippen molar-refractivity contribution in [3.05, 3.63) is 47.8 Å². The normalized spacial score (nSPS) is 10.2. The molecule has 0 spiro atoms. The summed E-state index contributed by atoms with van der Waals surface area (Å²) in [6.07, 6.45) is 2.68. The molecule has 4 heteroatoms. The summed E-state index contributed by atoms with van der Waals surface area (Å²) in [4.78, 5) is 4.22. The Morgan fingerprint density at radius 2 is 1.85 bits per heavy atom. The van der Waals surface area contributed by atoms with Crippen molar-refractivity contribution in [2.24, 2.45) is 0 Å². The van der Waals surface area contributed by atoms with E-state index in [0.717, 1.165) is 35.8 Å². The molecule has 2 rings (SSSR count). The lowest BCUT2D eigenvalue weighted by Crippen LogP contribution is -2.06. The first-order valence-electron chi connectivity index (χ1n) is 6.60. The fraction of sp³-hybridized carbons (Fsp3) is 0.312. The molecular weight excluding hydrogens is 252 g/mol. The predicted molar refractivity (Wildman–Crippen MR) is 80.7 cm³/mol. The zero-order valence-corrected chi connectivity index (χ0v) is 12.1. The first-order valence-corrected chi connectivity index (χ1v) is 6.60. The Bertz CT molecular complexity index is 553. The topological polar surface area (TPSA) is 43.4 Å². The van der Waals surface area contributed by atoms with Crippen molar-refractivity contribution in [2.75, 3.05) is 26.1 Å². The second-order valence-electron chi connectivity index (χ2n) is 4.55. The number of aryl methyl sites for hydroxylation is 1. The van der Waals surface area contributed by atoms with Crippen molar-refractivity contribution < 1.29 is 9.47 Å². The number of hydrogen-bond donors (Lipinski definition) is 1. The van der Waals surface area contributed by atoms with E-state index >= 15 is 0 Å². The maximum Gasteiger partial charge on any atom is 0.160 e. The Kier molecular flexibility index (Phi) is 4.82. The average Bonchev–Trinajstić information content (AvgIpc) is 2.48. The molecule has 0 aliphatic carbocycles. The molecule has 20 heavy (non-hydrogen) atoms. The molecule has 0 fully saturated rings. The van der Waals surface area contributed by atoms with Gasteiger partial charge in [0, 0.05) is 12.2 Å². The van der Waals surface area contributed by atoms with Gasteiger partial charge < -0.3 is 14.8 Å². The predicted octanol–water partition coefficient (Wildman–Crippen LogP) is 3.06. The molecule has 106 valence electrons. The van der Waals surface area contributed by atoms with E-state index in [1.54, 1.807) is 20.4 Å². The van der Waals surface area contributed by atoms with E-state index in [0.29, 0.717) is 0 Å². The molecule has 0 aliphatic heterocycles. The summed E-state index contributed by atoms with van der Waals surface area (Å²) in [5.74, 6) is 1.65. The highest BCUT2D eigenvalue weighted by molar-refractivity contribution is 5.55. The maximum absolute atomic E-state index is 5.29. The maximum atomic E-state index is 5.29. The molecule has 0 aliphatic rings. The molecule has 1 aromatic heterocycles. The largest absolute Gasteiger partial charge is 0.497 e. The number of pyridine rings is 1. The quantitative estimate of drug-likeness (QED) is 0.877. The van der Waals surface area contributed by atoms with Crippen LogP contribution in [-0.2, 0) is 6.42 Å². The second-order valence-corrected chi connectivity index (χ2v) is 4.55. The number of anilines is 1. The van der Waals surface area contributed by atoms with Gasteiger partial charge in [-0.1, -0.05) is 12.1 Å². The van der Waals surface area contributed by atoms with Gasteiger partial charge in [0.15, 0.2) is 5.75 Å². The summed E-state index contributed by atoms with van der Waals surface area (Å²) in [5, 5.41) is 3.39. The smallest absolute Gasteiger partial charge is 0.160 e. The monoisotopic (exact) mass is 272 g/mol. The number of ether oxygens (including phenoxy) is 2. The third kappa shape index (κ3) is 3.63. The third-order valence-electron chi connectivity index (χ3n) is 3.11. The van der Waals surface area contributed by atoms with Crippen molar-refractivity contribution in [1.82, 2.24) is 4.98 Å². The van der Waals surface area contributed by atoms with Crippen molar-refractivity contribution in [3.63, 3.8) is 0 Å². The Balaban J connectivity index is 1.93. The molecule has 4 nitrogen and oxygen atoms in total. The third-order valence-corrected chi connectivity index (χ3v) is 3.11. The van der Waals surface area contributed by atoms with Crippen LogP contribution in [0.2, 0.25) is 0 Å². The van der Waals surface area contributed by atoms with E-state index in [9.17, 15) is 0 Å². The number of aromatic nitrogens is 1. The molecule has 1 aromatic carbocycles. The summed E-state index contributed by atoms with van der Waals surface area (Å²) in [7, 11) is 3.33. The Morgan fingerprint density at radius 1 is 1.10 bits per heavy atom. The minimum absolute atomic E-state index is 0.769. The Labute approximate surface area is 119 Å². The van der Waals surface area contributed by atoms with Crippen LogP contribution in [0.4, 0.5) is 5.69 Å². The van der Waals surface area contributed by atoms with Gasteiger partial charge >= 0.3 is 0 Å². The Hall–Kier alpha value is -2.23. The summed E-state index contributed by atoms with van der Waals surface area (Å²) >= 11 is 0. The molecule has 0 radical (unpaired) electrons. The van der Waals surface area contributed by atoms with Crippen molar-refractivity contribution in [2.45, 2.75) is 13.3 Å². The van der Waals surface area contributed by atoms with E-state index in [4.69, 9.17) is 9.47 Å². The van der Waals surface area contributed by atoms with Crippen LogP contribution in [-0.4, -0.2) is 25.7 Å². The highest BCUT2D eigenvalue weighted by Crippen LogP contribution is 2.23. The number of benzene rings is 1. The first-order chi connectivity index (χ1) is 9.72. The molecule has 0 amide bonds. The fourth-order valence-corrected chi connectivity index (χ4v) is 1.98. The number of methoxy groups -OCH3 is 2. The molecular formula is C16H20N2O2. The minimum atomic E-state index is 0.769. The zero-order chi connectivity index (χ0) is 14.4. The summed E-state index contributed by atoms with van der Waals surface area (Å²) in [5.41, 5.74) is 3.22. The van der Waals surface area contributed by atoms with E-state index in [1.165, 1.54) is 5.56 Å².